The Morgan fingerprint density at radius 3 is 1.55 bits per heavy atom. The molecule has 9 rings (SSSR count). The lowest BCUT2D eigenvalue weighted by Crippen LogP contribution is -2.38. The highest BCUT2D eigenvalue weighted by molar-refractivity contribution is 5.97. The van der Waals surface area contributed by atoms with Crippen molar-refractivity contribution in [1.29, 1.82) is 0 Å². The lowest BCUT2D eigenvalue weighted by molar-refractivity contribution is -0.125. The second-order valence-corrected chi connectivity index (χ2v) is 21.0. The summed E-state index contributed by atoms with van der Waals surface area (Å²) >= 11 is 0. The van der Waals surface area contributed by atoms with E-state index in [2.05, 4.69) is 72.3 Å². The van der Waals surface area contributed by atoms with E-state index < -0.39 is 0 Å². The lowest BCUT2D eigenvalue weighted by Gasteiger charge is -2.34. The number of hydrogen-bond acceptors (Lipinski definition) is 7. The van der Waals surface area contributed by atoms with Crippen molar-refractivity contribution in [3.8, 4) is 0 Å². The Hall–Kier alpha value is -4.32. The SMILES string of the molecule is Cl.Cn1ncc2c1Cc1ccccc1N(C(=O)C1CCC(CCC(=O)C3CCN(CCC(C)(C)C)CC3)CC1)C2.Cn1ncc2c1Cc1ccccc1N(C(=O)C1CCC(CN)CC1)C2. The number of carbonyl (C=O) groups excluding carboxylic acids is 3. The number of nitrogens with two attached hydrogens (primary N) is 1. The molecule has 2 saturated carbocycles. The van der Waals surface area contributed by atoms with Gasteiger partial charge in [-0.05, 0) is 144 Å². The van der Waals surface area contributed by atoms with Crippen LogP contribution in [0.4, 0.5) is 11.4 Å². The van der Waals surface area contributed by atoms with Gasteiger partial charge in [-0.2, -0.15) is 10.2 Å². The number of hydrogen-bond donors (Lipinski definition) is 1. The zero-order valence-electron chi connectivity index (χ0n) is 39.9. The lowest BCUT2D eigenvalue weighted by atomic mass is 9.78. The highest BCUT2D eigenvalue weighted by Gasteiger charge is 2.35. The summed E-state index contributed by atoms with van der Waals surface area (Å²) in [4.78, 5) is 46.8. The summed E-state index contributed by atoms with van der Waals surface area (Å²) in [6.07, 6.45) is 18.5. The van der Waals surface area contributed by atoms with Crippen LogP contribution in [0.3, 0.4) is 0 Å². The molecule has 5 aliphatic rings. The number of halogens is 1. The average Bonchev–Trinajstić information content (AvgIpc) is 3.70. The number of aromatic nitrogens is 4. The number of likely N-dealkylation sites (tertiary alicyclic amines) is 1. The Labute approximate surface area is 394 Å². The molecular weight excluding hydrogens is 832 g/mol. The molecule has 2 amide bonds. The molecule has 4 aromatic rings. The number of fused-ring (bicyclic) bond motifs is 4. The Balaban J connectivity index is 0.000000209. The average molecular weight is 908 g/mol. The van der Waals surface area contributed by atoms with Gasteiger partial charge in [0.05, 0.1) is 25.5 Å². The minimum atomic E-state index is 0. The maximum atomic E-state index is 13.8. The molecule has 0 radical (unpaired) electrons. The van der Waals surface area contributed by atoms with Crippen LogP contribution in [0.2, 0.25) is 0 Å². The van der Waals surface area contributed by atoms with Crippen LogP contribution in [0, 0.1) is 35.0 Å². The molecule has 0 atom stereocenters. The third-order valence-corrected chi connectivity index (χ3v) is 15.5. The van der Waals surface area contributed by atoms with Crippen LogP contribution in [-0.2, 0) is 54.4 Å². The summed E-state index contributed by atoms with van der Waals surface area (Å²) in [6.45, 7) is 12.2. The van der Waals surface area contributed by atoms with E-state index in [-0.39, 0.29) is 42.0 Å². The summed E-state index contributed by atoms with van der Waals surface area (Å²) in [5.41, 5.74) is 15.4. The molecule has 3 fully saturated rings. The summed E-state index contributed by atoms with van der Waals surface area (Å²) in [5, 5.41) is 8.87. The Kier molecular flexibility index (Phi) is 16.1. The summed E-state index contributed by atoms with van der Waals surface area (Å²) < 4.78 is 3.88. The maximum Gasteiger partial charge on any atom is 0.230 e. The highest BCUT2D eigenvalue weighted by Crippen LogP contribution is 2.38. The predicted molar refractivity (Wildman–Crippen MR) is 262 cm³/mol. The van der Waals surface area contributed by atoms with Crippen molar-refractivity contribution in [2.75, 3.05) is 36.0 Å². The molecule has 5 heterocycles. The standard InChI is InChI=1S/C33H48N4O2.C20H26N4O.ClH/c1-33(2,3)17-20-36-18-15-25(16-19-36)31(38)14-11-24-9-12-26(13-10-24)32(39)37-23-28-22-34-35(4)30(28)21-27-7-5-6-8-29(27)37;1-23-19-10-16-4-2-3-5-18(16)24(13-17(19)12-22-23)20(25)15-8-6-14(11-21)7-9-15;/h5-8,22,24-26H,9-21,23H2,1-4H3;2-5,12,14-15H,6-11,13,21H2,1H3;1H. The second kappa shape index (κ2) is 21.5. The van der Waals surface area contributed by atoms with Crippen LogP contribution < -0.4 is 15.5 Å². The van der Waals surface area contributed by atoms with E-state index in [0.29, 0.717) is 36.1 Å². The fourth-order valence-corrected chi connectivity index (χ4v) is 11.2. The number of benzene rings is 2. The third kappa shape index (κ3) is 11.6. The van der Waals surface area contributed by atoms with Crippen LogP contribution in [-0.4, -0.2) is 68.2 Å². The number of para-hydroxylation sites is 2. The van der Waals surface area contributed by atoms with Crippen molar-refractivity contribution < 1.29 is 14.4 Å². The topological polar surface area (TPSA) is 123 Å². The van der Waals surface area contributed by atoms with E-state index in [9.17, 15) is 14.4 Å². The number of nitrogens with zero attached hydrogens (tertiary/aromatic N) is 7. The van der Waals surface area contributed by atoms with Gasteiger partial charge in [0.15, 0.2) is 0 Å². The first-order chi connectivity index (χ1) is 30.8. The van der Waals surface area contributed by atoms with Crippen molar-refractivity contribution in [1.82, 2.24) is 24.5 Å². The maximum absolute atomic E-state index is 13.8. The number of aryl methyl sites for hydroxylation is 2. The minimum Gasteiger partial charge on any atom is -0.330 e. The van der Waals surface area contributed by atoms with Gasteiger partial charge in [0.1, 0.15) is 5.78 Å². The van der Waals surface area contributed by atoms with E-state index in [4.69, 9.17) is 5.73 Å². The molecule has 2 aromatic heterocycles. The summed E-state index contributed by atoms with van der Waals surface area (Å²) in [6, 6.07) is 16.6. The third-order valence-electron chi connectivity index (χ3n) is 15.5. The van der Waals surface area contributed by atoms with Gasteiger partial charge in [0, 0.05) is 85.0 Å². The number of carbonyl (C=O) groups is 3. The van der Waals surface area contributed by atoms with Crippen LogP contribution in [0.1, 0.15) is 138 Å². The minimum absolute atomic E-state index is 0. The van der Waals surface area contributed by atoms with Gasteiger partial charge in [0.25, 0.3) is 0 Å². The molecular formula is C53H75ClN8O3. The van der Waals surface area contributed by atoms with Gasteiger partial charge in [-0.25, -0.2) is 0 Å². The summed E-state index contributed by atoms with van der Waals surface area (Å²) in [7, 11) is 3.97. The van der Waals surface area contributed by atoms with Gasteiger partial charge in [-0.1, -0.05) is 57.2 Å². The van der Waals surface area contributed by atoms with E-state index >= 15 is 0 Å². The van der Waals surface area contributed by atoms with Crippen molar-refractivity contribution in [3.05, 3.63) is 94.6 Å². The van der Waals surface area contributed by atoms with Gasteiger partial charge in [-0.3, -0.25) is 23.7 Å². The molecule has 11 nitrogen and oxygen atoms in total. The number of ketones is 1. The molecule has 0 unspecified atom stereocenters. The van der Waals surface area contributed by atoms with Crippen molar-refractivity contribution in [3.63, 3.8) is 0 Å². The van der Waals surface area contributed by atoms with Gasteiger partial charge < -0.3 is 20.4 Å². The van der Waals surface area contributed by atoms with E-state index in [1.165, 1.54) is 28.9 Å². The molecule has 3 aliphatic heterocycles. The van der Waals surface area contributed by atoms with Crippen molar-refractivity contribution in [2.45, 2.75) is 130 Å². The number of anilines is 2. The molecule has 1 saturated heterocycles. The van der Waals surface area contributed by atoms with E-state index in [1.54, 1.807) is 0 Å². The Morgan fingerprint density at radius 1 is 0.631 bits per heavy atom. The van der Waals surface area contributed by atoms with Gasteiger partial charge in [-0.15, -0.1) is 12.4 Å². The van der Waals surface area contributed by atoms with E-state index in [0.717, 1.165) is 139 Å². The number of rotatable bonds is 9. The number of Topliss-reactive ketones (excluding diaryl/α,β-unsaturated/α-hetero) is 1. The van der Waals surface area contributed by atoms with Crippen molar-refractivity contribution in [2.24, 2.45) is 54.8 Å². The van der Waals surface area contributed by atoms with Crippen LogP contribution in [0.25, 0.3) is 0 Å². The Bertz CT molecular complexity index is 2240. The summed E-state index contributed by atoms with van der Waals surface area (Å²) in [5.74, 6) is 2.62. The molecule has 12 heteroatoms. The highest BCUT2D eigenvalue weighted by atomic mass is 35.5. The van der Waals surface area contributed by atoms with Crippen LogP contribution >= 0.6 is 12.4 Å². The first-order valence-corrected chi connectivity index (χ1v) is 24.6. The molecule has 0 spiro atoms. The first-order valence-electron chi connectivity index (χ1n) is 24.6. The smallest absolute Gasteiger partial charge is 0.230 e. The fourth-order valence-electron chi connectivity index (χ4n) is 11.2. The number of amides is 2. The Morgan fingerprint density at radius 2 is 1.09 bits per heavy atom. The molecule has 0 bridgehead atoms. The van der Waals surface area contributed by atoms with Crippen molar-refractivity contribution >= 4 is 41.4 Å². The normalized spacial score (nSPS) is 22.4. The molecule has 352 valence electrons. The van der Waals surface area contributed by atoms with Crippen LogP contribution in [0.15, 0.2) is 60.9 Å². The molecule has 2 N–H and O–H groups in total. The zero-order valence-corrected chi connectivity index (χ0v) is 40.7. The number of piperidine rings is 1. The monoisotopic (exact) mass is 907 g/mol. The second-order valence-electron chi connectivity index (χ2n) is 21.0. The predicted octanol–water partition coefficient (Wildman–Crippen LogP) is 9.21. The zero-order chi connectivity index (χ0) is 45.0. The largest absolute Gasteiger partial charge is 0.330 e. The van der Waals surface area contributed by atoms with Crippen LogP contribution in [0.5, 0.6) is 0 Å². The van der Waals surface area contributed by atoms with E-state index in [1.807, 2.05) is 57.8 Å². The fraction of sp³-hybridized carbons (Fsp3) is 0.604. The van der Waals surface area contributed by atoms with Gasteiger partial charge in [0.2, 0.25) is 11.8 Å². The molecule has 65 heavy (non-hydrogen) atoms. The first kappa shape index (κ1) is 48.6. The quantitative estimate of drug-likeness (QED) is 0.178. The molecule has 2 aromatic carbocycles. The van der Waals surface area contributed by atoms with Gasteiger partial charge >= 0.3 is 0 Å². The molecule has 2 aliphatic carbocycles.